The molecule has 2 aromatic carbocycles. The monoisotopic (exact) mass is 436 g/mol. The van der Waals surface area contributed by atoms with Crippen molar-refractivity contribution in [2.75, 3.05) is 36.0 Å². The second-order valence-electron chi connectivity index (χ2n) is 6.62. The highest BCUT2D eigenvalue weighted by atomic mass is 32.2. The highest BCUT2D eigenvalue weighted by molar-refractivity contribution is 7.99. The molecule has 0 fully saturated rings. The third kappa shape index (κ3) is 7.98. The SMILES string of the molecule is CCCOc1ccc(N(CC(=O)NCCSc2ccc(C)cc2)S(C)(=O)=O)cc1. The van der Waals surface area contributed by atoms with Gasteiger partial charge in [0.15, 0.2) is 0 Å². The van der Waals surface area contributed by atoms with Gasteiger partial charge in [-0.25, -0.2) is 8.42 Å². The van der Waals surface area contributed by atoms with Gasteiger partial charge in [-0.3, -0.25) is 9.10 Å². The summed E-state index contributed by atoms with van der Waals surface area (Å²) in [4.78, 5) is 13.4. The number of nitrogens with one attached hydrogen (secondary N) is 1. The minimum Gasteiger partial charge on any atom is -0.494 e. The van der Waals surface area contributed by atoms with E-state index in [-0.39, 0.29) is 12.5 Å². The first kappa shape index (κ1) is 23.1. The molecule has 2 rings (SSSR count). The second-order valence-corrected chi connectivity index (χ2v) is 9.70. The molecule has 158 valence electrons. The van der Waals surface area contributed by atoms with Gasteiger partial charge in [-0.2, -0.15) is 0 Å². The Bertz CT molecular complexity index is 882. The second kappa shape index (κ2) is 11.1. The Morgan fingerprint density at radius 1 is 1.10 bits per heavy atom. The molecule has 0 aromatic heterocycles. The predicted octanol–water partition coefficient (Wildman–Crippen LogP) is 3.46. The number of aryl methyl sites for hydroxylation is 1. The van der Waals surface area contributed by atoms with Gasteiger partial charge in [0.05, 0.1) is 18.6 Å². The Kier molecular flexibility index (Phi) is 8.85. The van der Waals surface area contributed by atoms with Gasteiger partial charge in [-0.1, -0.05) is 24.6 Å². The summed E-state index contributed by atoms with van der Waals surface area (Å²) in [7, 11) is -3.59. The molecule has 1 amide bonds. The Morgan fingerprint density at radius 3 is 2.34 bits per heavy atom. The molecule has 8 heteroatoms. The first-order valence-electron chi connectivity index (χ1n) is 9.46. The van der Waals surface area contributed by atoms with E-state index in [1.807, 2.05) is 38.1 Å². The van der Waals surface area contributed by atoms with E-state index in [0.29, 0.717) is 30.3 Å². The van der Waals surface area contributed by atoms with Crippen molar-refractivity contribution in [2.24, 2.45) is 0 Å². The molecular formula is C21H28N2O4S2. The number of benzene rings is 2. The fourth-order valence-electron chi connectivity index (χ4n) is 2.51. The number of amides is 1. The number of carbonyl (C=O) groups is 1. The van der Waals surface area contributed by atoms with E-state index in [1.54, 1.807) is 36.0 Å². The van der Waals surface area contributed by atoms with Crippen molar-refractivity contribution < 1.29 is 17.9 Å². The molecule has 1 N–H and O–H groups in total. The van der Waals surface area contributed by atoms with Crippen LogP contribution in [0.2, 0.25) is 0 Å². The summed E-state index contributed by atoms with van der Waals surface area (Å²) in [5.41, 5.74) is 1.63. The molecule has 0 atom stereocenters. The van der Waals surface area contributed by atoms with Crippen LogP contribution in [0.5, 0.6) is 5.75 Å². The Morgan fingerprint density at radius 2 is 1.76 bits per heavy atom. The zero-order valence-electron chi connectivity index (χ0n) is 17.1. The average molecular weight is 437 g/mol. The molecule has 0 spiro atoms. The van der Waals surface area contributed by atoms with Crippen molar-refractivity contribution >= 4 is 33.4 Å². The molecule has 0 radical (unpaired) electrons. The van der Waals surface area contributed by atoms with Crippen LogP contribution in [0.25, 0.3) is 0 Å². The summed E-state index contributed by atoms with van der Waals surface area (Å²) in [6.45, 7) is 4.84. The quantitative estimate of drug-likeness (QED) is 0.431. The van der Waals surface area contributed by atoms with E-state index in [1.165, 1.54) is 5.56 Å². The molecule has 0 bridgehead atoms. The van der Waals surface area contributed by atoms with Crippen molar-refractivity contribution in [3.05, 3.63) is 54.1 Å². The molecule has 6 nitrogen and oxygen atoms in total. The first-order chi connectivity index (χ1) is 13.8. The van der Waals surface area contributed by atoms with Gasteiger partial charge >= 0.3 is 0 Å². The summed E-state index contributed by atoms with van der Waals surface area (Å²) < 4.78 is 31.0. The fraction of sp³-hybridized carbons (Fsp3) is 0.381. The first-order valence-corrected chi connectivity index (χ1v) is 12.3. The highest BCUT2D eigenvalue weighted by Gasteiger charge is 2.20. The largest absolute Gasteiger partial charge is 0.494 e. The Labute approximate surface area is 177 Å². The van der Waals surface area contributed by atoms with Gasteiger partial charge in [0, 0.05) is 17.2 Å². The molecule has 0 heterocycles. The van der Waals surface area contributed by atoms with E-state index in [9.17, 15) is 13.2 Å². The minimum atomic E-state index is -3.59. The number of hydrogen-bond donors (Lipinski definition) is 1. The highest BCUT2D eigenvalue weighted by Crippen LogP contribution is 2.22. The van der Waals surface area contributed by atoms with Crippen LogP contribution < -0.4 is 14.4 Å². The third-order valence-corrected chi connectivity index (χ3v) is 6.15. The number of rotatable bonds is 11. The molecule has 0 aliphatic heterocycles. The van der Waals surface area contributed by atoms with E-state index < -0.39 is 10.0 Å². The van der Waals surface area contributed by atoms with Crippen molar-refractivity contribution in [2.45, 2.75) is 25.2 Å². The van der Waals surface area contributed by atoms with Crippen LogP contribution in [0.1, 0.15) is 18.9 Å². The van der Waals surface area contributed by atoms with E-state index in [2.05, 4.69) is 5.32 Å². The van der Waals surface area contributed by atoms with Crippen LogP contribution >= 0.6 is 11.8 Å². The summed E-state index contributed by atoms with van der Waals surface area (Å²) >= 11 is 1.64. The molecule has 29 heavy (non-hydrogen) atoms. The van der Waals surface area contributed by atoms with Crippen molar-refractivity contribution in [1.29, 1.82) is 0 Å². The molecule has 0 saturated carbocycles. The number of thioether (sulfide) groups is 1. The maximum Gasteiger partial charge on any atom is 0.240 e. The topological polar surface area (TPSA) is 75.7 Å². The molecule has 0 unspecified atom stereocenters. The molecule has 0 aliphatic rings. The summed E-state index contributed by atoms with van der Waals surface area (Å²) in [5, 5.41) is 2.79. The van der Waals surface area contributed by atoms with Crippen LogP contribution in [0, 0.1) is 6.92 Å². The van der Waals surface area contributed by atoms with Crippen LogP contribution in [0.15, 0.2) is 53.4 Å². The molecular weight excluding hydrogens is 408 g/mol. The number of nitrogens with zero attached hydrogens (tertiary/aromatic N) is 1. The van der Waals surface area contributed by atoms with Gasteiger partial charge in [-0.15, -0.1) is 11.8 Å². The number of hydrogen-bond acceptors (Lipinski definition) is 5. The number of carbonyl (C=O) groups excluding carboxylic acids is 1. The van der Waals surface area contributed by atoms with E-state index in [0.717, 1.165) is 21.9 Å². The lowest BCUT2D eigenvalue weighted by molar-refractivity contribution is -0.119. The van der Waals surface area contributed by atoms with Gasteiger partial charge in [0.2, 0.25) is 15.9 Å². The van der Waals surface area contributed by atoms with E-state index in [4.69, 9.17) is 4.74 Å². The number of sulfonamides is 1. The van der Waals surface area contributed by atoms with Gasteiger partial charge in [0.25, 0.3) is 0 Å². The smallest absolute Gasteiger partial charge is 0.240 e. The molecule has 2 aromatic rings. The molecule has 0 saturated heterocycles. The van der Waals surface area contributed by atoms with Crippen LogP contribution in [0.4, 0.5) is 5.69 Å². The summed E-state index contributed by atoms with van der Waals surface area (Å²) in [5.74, 6) is 1.03. The Hall–Kier alpha value is -2.19. The van der Waals surface area contributed by atoms with Gasteiger partial charge in [0.1, 0.15) is 12.3 Å². The third-order valence-electron chi connectivity index (χ3n) is 4.00. The zero-order chi connectivity index (χ0) is 21.3. The lowest BCUT2D eigenvalue weighted by Gasteiger charge is -2.22. The average Bonchev–Trinajstić information content (AvgIpc) is 2.69. The van der Waals surface area contributed by atoms with Gasteiger partial charge in [-0.05, 0) is 49.7 Å². The fourth-order valence-corrected chi connectivity index (χ4v) is 4.13. The van der Waals surface area contributed by atoms with Crippen LogP contribution in [-0.4, -0.2) is 46.0 Å². The summed E-state index contributed by atoms with van der Waals surface area (Å²) in [6.07, 6.45) is 1.98. The standard InChI is InChI=1S/C21H28N2O4S2/c1-4-14-27-19-9-7-18(8-10-19)23(29(3,25)26)16-21(24)22-13-15-28-20-11-5-17(2)6-12-20/h5-12H,4,13-16H2,1-3H3,(H,22,24). The Balaban J connectivity index is 1.88. The lowest BCUT2D eigenvalue weighted by Crippen LogP contribution is -2.41. The van der Waals surface area contributed by atoms with Gasteiger partial charge < -0.3 is 10.1 Å². The number of anilines is 1. The number of ether oxygens (including phenoxy) is 1. The predicted molar refractivity (Wildman–Crippen MR) is 119 cm³/mol. The molecule has 0 aliphatic carbocycles. The van der Waals surface area contributed by atoms with Crippen molar-refractivity contribution in [1.82, 2.24) is 5.32 Å². The normalized spacial score (nSPS) is 11.1. The van der Waals surface area contributed by atoms with Crippen molar-refractivity contribution in [3.63, 3.8) is 0 Å². The van der Waals surface area contributed by atoms with Crippen molar-refractivity contribution in [3.8, 4) is 5.75 Å². The maximum atomic E-state index is 12.3. The summed E-state index contributed by atoms with van der Waals surface area (Å²) in [6, 6.07) is 14.9. The van der Waals surface area contributed by atoms with Crippen LogP contribution in [-0.2, 0) is 14.8 Å². The zero-order valence-corrected chi connectivity index (χ0v) is 18.7. The lowest BCUT2D eigenvalue weighted by atomic mass is 10.2. The minimum absolute atomic E-state index is 0.261. The van der Waals surface area contributed by atoms with Crippen LogP contribution in [0.3, 0.4) is 0 Å². The van der Waals surface area contributed by atoms with E-state index >= 15 is 0 Å². The maximum absolute atomic E-state index is 12.3.